The van der Waals surface area contributed by atoms with Crippen molar-refractivity contribution in [2.24, 2.45) is 5.92 Å². The van der Waals surface area contributed by atoms with Crippen LogP contribution in [-0.2, 0) is 27.8 Å². The molecule has 2 aliphatic rings. The number of nitrogens with zero attached hydrogens (tertiary/aromatic N) is 2. The number of rotatable bonds is 7. The Morgan fingerprint density at radius 3 is 2.68 bits per heavy atom. The summed E-state index contributed by atoms with van der Waals surface area (Å²) in [7, 11) is -3.72. The van der Waals surface area contributed by atoms with E-state index in [0.29, 0.717) is 30.1 Å². The fourth-order valence-corrected chi connectivity index (χ4v) is 4.96. The van der Waals surface area contributed by atoms with Crippen LogP contribution in [0.5, 0.6) is 5.75 Å². The molecule has 1 N–H and O–H groups in total. The first-order valence-corrected chi connectivity index (χ1v) is 11.9. The van der Waals surface area contributed by atoms with E-state index in [-0.39, 0.29) is 30.5 Å². The molecule has 2 aromatic rings. The van der Waals surface area contributed by atoms with Gasteiger partial charge in [-0.2, -0.15) is 9.57 Å². The molecule has 2 aromatic carbocycles. The Balaban J connectivity index is 1.45. The second kappa shape index (κ2) is 9.08. The molecule has 1 amide bonds. The predicted molar refractivity (Wildman–Crippen MR) is 115 cm³/mol. The first kappa shape index (κ1) is 21.3. The first-order valence-electron chi connectivity index (χ1n) is 10.5. The molecule has 1 fully saturated rings. The summed E-state index contributed by atoms with van der Waals surface area (Å²) in [6, 6.07) is 13.6. The number of benzene rings is 2. The summed E-state index contributed by atoms with van der Waals surface area (Å²) in [5, 5.41) is 11.9. The summed E-state index contributed by atoms with van der Waals surface area (Å²) in [5.41, 5.74) is 2.17. The van der Waals surface area contributed by atoms with Crippen LogP contribution < -0.4 is 10.1 Å². The summed E-state index contributed by atoms with van der Waals surface area (Å²) in [6.45, 7) is 1.44. The Labute approximate surface area is 182 Å². The first-order chi connectivity index (χ1) is 15.0. The van der Waals surface area contributed by atoms with E-state index in [2.05, 4.69) is 5.32 Å². The highest BCUT2D eigenvalue weighted by atomic mass is 32.2. The normalized spacial score (nSPS) is 16.5. The van der Waals surface area contributed by atoms with E-state index in [4.69, 9.17) is 10.00 Å². The minimum atomic E-state index is -3.72. The average Bonchev–Trinajstić information content (AvgIpc) is 3.62. The Hall–Kier alpha value is -2.89. The molecule has 0 spiro atoms. The lowest BCUT2D eigenvalue weighted by Crippen LogP contribution is -2.32. The summed E-state index contributed by atoms with van der Waals surface area (Å²) in [6.07, 6.45) is 3.39. The van der Waals surface area contributed by atoms with Crippen LogP contribution >= 0.6 is 0 Å². The Morgan fingerprint density at radius 2 is 1.97 bits per heavy atom. The van der Waals surface area contributed by atoms with Gasteiger partial charge in [-0.3, -0.25) is 4.79 Å². The zero-order valence-corrected chi connectivity index (χ0v) is 18.0. The SMILES string of the molecule is N#Cc1ccc(S(=O)(=O)N2CCOc3ccc(CCC(=O)NCC4CC4)cc3C2)cc1. The van der Waals surface area contributed by atoms with E-state index in [0.717, 1.165) is 17.7 Å². The van der Waals surface area contributed by atoms with E-state index in [9.17, 15) is 13.2 Å². The number of nitriles is 1. The quantitative estimate of drug-likeness (QED) is 0.715. The van der Waals surface area contributed by atoms with Gasteiger partial charge in [-0.1, -0.05) is 12.1 Å². The van der Waals surface area contributed by atoms with Crippen molar-refractivity contribution in [2.45, 2.75) is 37.1 Å². The van der Waals surface area contributed by atoms with Gasteiger partial charge < -0.3 is 10.1 Å². The molecule has 0 aromatic heterocycles. The van der Waals surface area contributed by atoms with E-state index >= 15 is 0 Å². The number of nitrogens with one attached hydrogen (secondary N) is 1. The van der Waals surface area contributed by atoms with Crippen LogP contribution in [0.1, 0.15) is 36.0 Å². The number of carbonyl (C=O) groups is 1. The van der Waals surface area contributed by atoms with Gasteiger partial charge in [-0.15, -0.1) is 0 Å². The van der Waals surface area contributed by atoms with Gasteiger partial charge in [0.25, 0.3) is 0 Å². The van der Waals surface area contributed by atoms with Gasteiger partial charge in [-0.05, 0) is 61.1 Å². The Bertz CT molecular complexity index is 1100. The molecule has 0 atom stereocenters. The van der Waals surface area contributed by atoms with Crippen molar-refractivity contribution in [3.8, 4) is 11.8 Å². The fraction of sp³-hybridized carbons (Fsp3) is 0.391. The number of amides is 1. The van der Waals surface area contributed by atoms with Crippen LogP contribution in [0, 0.1) is 17.2 Å². The van der Waals surface area contributed by atoms with Crippen molar-refractivity contribution in [2.75, 3.05) is 19.7 Å². The van der Waals surface area contributed by atoms with E-state index in [1.54, 1.807) is 0 Å². The minimum absolute atomic E-state index is 0.0445. The Kier molecular flexibility index (Phi) is 6.25. The van der Waals surface area contributed by atoms with Crippen LogP contribution in [0.2, 0.25) is 0 Å². The zero-order valence-electron chi connectivity index (χ0n) is 17.2. The minimum Gasteiger partial charge on any atom is -0.492 e. The molecule has 0 unspecified atom stereocenters. The number of carbonyl (C=O) groups excluding carboxylic acids is 1. The lowest BCUT2D eigenvalue weighted by molar-refractivity contribution is -0.121. The Morgan fingerprint density at radius 1 is 1.19 bits per heavy atom. The molecule has 1 heterocycles. The van der Waals surface area contributed by atoms with Crippen molar-refractivity contribution in [3.05, 3.63) is 59.2 Å². The second-order valence-corrected chi connectivity index (χ2v) is 9.95. The molecule has 31 heavy (non-hydrogen) atoms. The molecule has 4 rings (SSSR count). The van der Waals surface area contributed by atoms with Gasteiger partial charge in [0.2, 0.25) is 15.9 Å². The van der Waals surface area contributed by atoms with Crippen molar-refractivity contribution >= 4 is 15.9 Å². The number of hydrogen-bond donors (Lipinski definition) is 1. The molecule has 0 bridgehead atoms. The summed E-state index contributed by atoms with van der Waals surface area (Å²) in [5.74, 6) is 1.36. The molecule has 8 heteroatoms. The standard InChI is InChI=1S/C23H25N3O4S/c24-14-18-3-7-21(8-4-18)31(28,29)26-11-12-30-22-9-5-17(13-20(22)16-26)6-10-23(27)25-15-19-1-2-19/h3-5,7-9,13,19H,1-2,6,10-12,15-16H2,(H,25,27). The highest BCUT2D eigenvalue weighted by molar-refractivity contribution is 7.89. The molecular weight excluding hydrogens is 414 g/mol. The maximum absolute atomic E-state index is 13.1. The number of hydrogen-bond acceptors (Lipinski definition) is 5. The molecule has 7 nitrogen and oxygen atoms in total. The molecule has 162 valence electrons. The van der Waals surface area contributed by atoms with Crippen LogP contribution in [-0.4, -0.2) is 38.3 Å². The van der Waals surface area contributed by atoms with Crippen molar-refractivity contribution < 1.29 is 17.9 Å². The summed E-state index contributed by atoms with van der Waals surface area (Å²) in [4.78, 5) is 12.2. The zero-order chi connectivity index (χ0) is 21.8. The van der Waals surface area contributed by atoms with Crippen molar-refractivity contribution in [1.82, 2.24) is 9.62 Å². The lowest BCUT2D eigenvalue weighted by Gasteiger charge is -2.19. The smallest absolute Gasteiger partial charge is 0.243 e. The van der Waals surface area contributed by atoms with E-state index in [1.165, 1.54) is 41.4 Å². The van der Waals surface area contributed by atoms with Gasteiger partial charge in [0.15, 0.2) is 0 Å². The van der Waals surface area contributed by atoms with Gasteiger partial charge >= 0.3 is 0 Å². The van der Waals surface area contributed by atoms with Gasteiger partial charge in [0.05, 0.1) is 16.5 Å². The second-order valence-electron chi connectivity index (χ2n) is 8.01. The predicted octanol–water partition coefficient (Wildman–Crippen LogP) is 2.60. The highest BCUT2D eigenvalue weighted by Crippen LogP contribution is 2.29. The summed E-state index contributed by atoms with van der Waals surface area (Å²) >= 11 is 0. The number of ether oxygens (including phenoxy) is 1. The molecule has 1 aliphatic carbocycles. The molecular formula is C23H25N3O4S. The number of fused-ring (bicyclic) bond motifs is 1. The van der Waals surface area contributed by atoms with Crippen molar-refractivity contribution in [3.63, 3.8) is 0 Å². The highest BCUT2D eigenvalue weighted by Gasteiger charge is 2.28. The van der Waals surface area contributed by atoms with Gasteiger partial charge in [0.1, 0.15) is 12.4 Å². The molecule has 1 aliphatic heterocycles. The van der Waals surface area contributed by atoms with Crippen molar-refractivity contribution in [1.29, 1.82) is 5.26 Å². The molecule has 0 saturated heterocycles. The van der Waals surface area contributed by atoms with Crippen LogP contribution in [0.15, 0.2) is 47.4 Å². The summed E-state index contributed by atoms with van der Waals surface area (Å²) < 4.78 is 33.4. The van der Waals surface area contributed by atoms with Gasteiger partial charge in [0, 0.05) is 31.6 Å². The fourth-order valence-electron chi connectivity index (χ4n) is 3.56. The van der Waals surface area contributed by atoms with Crippen LogP contribution in [0.3, 0.4) is 0 Å². The largest absolute Gasteiger partial charge is 0.492 e. The third-order valence-corrected chi connectivity index (χ3v) is 7.48. The average molecular weight is 440 g/mol. The molecule has 1 saturated carbocycles. The number of aryl methyl sites for hydroxylation is 1. The van der Waals surface area contributed by atoms with Gasteiger partial charge in [-0.25, -0.2) is 8.42 Å². The molecule has 0 radical (unpaired) electrons. The van der Waals surface area contributed by atoms with Crippen LogP contribution in [0.4, 0.5) is 0 Å². The van der Waals surface area contributed by atoms with E-state index in [1.807, 2.05) is 24.3 Å². The number of sulfonamides is 1. The maximum Gasteiger partial charge on any atom is 0.243 e. The van der Waals surface area contributed by atoms with Crippen LogP contribution in [0.25, 0.3) is 0 Å². The monoisotopic (exact) mass is 439 g/mol. The topological polar surface area (TPSA) is 99.5 Å². The van der Waals surface area contributed by atoms with E-state index < -0.39 is 10.0 Å². The third-order valence-electron chi connectivity index (χ3n) is 5.62. The third kappa shape index (κ3) is 5.24. The lowest BCUT2D eigenvalue weighted by atomic mass is 10.1. The maximum atomic E-state index is 13.1.